The van der Waals surface area contributed by atoms with E-state index in [0.29, 0.717) is 22.3 Å². The molecule has 5 aliphatic carbocycles. The van der Waals surface area contributed by atoms with Gasteiger partial charge >= 0.3 is 0 Å². The summed E-state index contributed by atoms with van der Waals surface area (Å²) in [4.78, 5) is 4.33. The van der Waals surface area contributed by atoms with Crippen LogP contribution in [0.1, 0.15) is 84.1 Å². The van der Waals surface area contributed by atoms with Gasteiger partial charge in [0.05, 0.1) is 6.10 Å². The van der Waals surface area contributed by atoms with E-state index in [1.165, 1.54) is 69.8 Å². The molecular formula is C29H43NO. The van der Waals surface area contributed by atoms with Crippen molar-refractivity contribution < 1.29 is 4.74 Å². The average molecular weight is 422 g/mol. The van der Waals surface area contributed by atoms with Gasteiger partial charge in [-0.15, -0.1) is 0 Å². The van der Waals surface area contributed by atoms with Crippen molar-refractivity contribution in [2.24, 2.45) is 51.8 Å². The van der Waals surface area contributed by atoms with Gasteiger partial charge < -0.3 is 4.74 Å². The summed E-state index contributed by atoms with van der Waals surface area (Å²) in [5.41, 5.74) is 3.08. The van der Waals surface area contributed by atoms with Gasteiger partial charge in [-0.25, -0.2) is 0 Å². The minimum absolute atomic E-state index is 0.538. The second-order valence-electron chi connectivity index (χ2n) is 12.8. The first-order chi connectivity index (χ1) is 14.9. The van der Waals surface area contributed by atoms with E-state index < -0.39 is 0 Å². The highest BCUT2D eigenvalue weighted by Crippen LogP contribution is 2.82. The lowest BCUT2D eigenvalue weighted by Crippen LogP contribution is -2.57. The van der Waals surface area contributed by atoms with Crippen LogP contribution in [0.25, 0.3) is 0 Å². The number of hydrogen-bond acceptors (Lipinski definition) is 2. The zero-order chi connectivity index (χ0) is 21.4. The first-order valence-corrected chi connectivity index (χ1v) is 13.4. The lowest BCUT2D eigenvalue weighted by Gasteiger charge is -2.61. The minimum Gasteiger partial charge on any atom is -0.381 e. The first kappa shape index (κ1) is 20.7. The molecule has 0 bridgehead atoms. The van der Waals surface area contributed by atoms with Crippen molar-refractivity contribution in [1.29, 1.82) is 0 Å². The van der Waals surface area contributed by atoms with Gasteiger partial charge in [0.1, 0.15) is 0 Å². The molecule has 1 heterocycles. The van der Waals surface area contributed by atoms with Crippen molar-refractivity contribution in [2.45, 2.75) is 91.1 Å². The number of rotatable bonds is 5. The van der Waals surface area contributed by atoms with Gasteiger partial charge in [-0.3, -0.25) is 4.98 Å². The molecule has 1 spiro atoms. The summed E-state index contributed by atoms with van der Waals surface area (Å²) in [7, 11) is 2.02. The molecule has 1 aromatic rings. The predicted octanol–water partition coefficient (Wildman–Crippen LogP) is 6.93. The molecule has 5 saturated carbocycles. The molecule has 0 N–H and O–H groups in total. The van der Waals surface area contributed by atoms with Gasteiger partial charge in [-0.2, -0.15) is 0 Å². The molecule has 0 saturated heterocycles. The van der Waals surface area contributed by atoms with Gasteiger partial charge in [0, 0.05) is 24.9 Å². The Labute approximate surface area is 189 Å². The van der Waals surface area contributed by atoms with Crippen LogP contribution < -0.4 is 0 Å². The summed E-state index contributed by atoms with van der Waals surface area (Å²) < 4.78 is 6.30. The zero-order valence-corrected chi connectivity index (χ0v) is 20.3. The predicted molar refractivity (Wildman–Crippen MR) is 126 cm³/mol. The topological polar surface area (TPSA) is 22.1 Å². The minimum atomic E-state index is 0.538. The quantitative estimate of drug-likeness (QED) is 0.514. The largest absolute Gasteiger partial charge is 0.381 e. The van der Waals surface area contributed by atoms with Crippen LogP contribution in [0.4, 0.5) is 0 Å². The Balaban J connectivity index is 1.22. The summed E-state index contributed by atoms with van der Waals surface area (Å²) >= 11 is 0. The van der Waals surface area contributed by atoms with Crippen LogP contribution in [0.5, 0.6) is 0 Å². The summed E-state index contributed by atoms with van der Waals surface area (Å²) in [5.74, 6) is 5.51. The SMILES string of the molecule is CO[C@@H]1C[C@H]2[C@@H]3CC[C@H]([C@H](C)CCc4cccnc4)[C@@]3(C)CC[C@@H]2[C@@]2(C)CC[C@@H]3CC312. The van der Waals surface area contributed by atoms with Gasteiger partial charge in [-0.1, -0.05) is 26.8 Å². The first-order valence-electron chi connectivity index (χ1n) is 13.4. The Morgan fingerprint density at radius 2 is 2.00 bits per heavy atom. The lowest BCUT2D eigenvalue weighted by atomic mass is 9.45. The average Bonchev–Trinajstić information content (AvgIpc) is 3.29. The van der Waals surface area contributed by atoms with Crippen LogP contribution in [0.3, 0.4) is 0 Å². The highest BCUT2D eigenvalue weighted by molar-refractivity contribution is 5.26. The number of nitrogens with zero attached hydrogens (tertiary/aromatic N) is 1. The van der Waals surface area contributed by atoms with E-state index >= 15 is 0 Å². The maximum Gasteiger partial charge on any atom is 0.0638 e. The van der Waals surface area contributed by atoms with Gasteiger partial charge in [0.2, 0.25) is 0 Å². The fourth-order valence-corrected chi connectivity index (χ4v) is 10.7. The molecule has 0 aliphatic heterocycles. The number of pyridine rings is 1. The normalized spacial score (nSPS) is 50.8. The van der Waals surface area contributed by atoms with E-state index in [2.05, 4.69) is 44.1 Å². The molecular weight excluding hydrogens is 378 g/mol. The van der Waals surface area contributed by atoms with Crippen molar-refractivity contribution >= 4 is 0 Å². The Morgan fingerprint density at radius 3 is 2.74 bits per heavy atom. The van der Waals surface area contributed by atoms with Crippen molar-refractivity contribution in [3.8, 4) is 0 Å². The Bertz CT molecular complexity index is 823. The maximum absolute atomic E-state index is 6.30. The number of methoxy groups -OCH3 is 1. The molecule has 0 amide bonds. The van der Waals surface area contributed by atoms with E-state index in [9.17, 15) is 0 Å². The van der Waals surface area contributed by atoms with Crippen molar-refractivity contribution in [3.63, 3.8) is 0 Å². The summed E-state index contributed by atoms with van der Waals surface area (Å²) in [6.45, 7) is 7.96. The zero-order valence-electron chi connectivity index (χ0n) is 20.3. The number of ether oxygens (including phenoxy) is 1. The molecule has 0 radical (unpaired) electrons. The molecule has 10 atom stereocenters. The molecule has 0 aromatic carbocycles. The molecule has 31 heavy (non-hydrogen) atoms. The van der Waals surface area contributed by atoms with Crippen LogP contribution >= 0.6 is 0 Å². The smallest absolute Gasteiger partial charge is 0.0638 e. The van der Waals surface area contributed by atoms with E-state index in [4.69, 9.17) is 4.74 Å². The van der Waals surface area contributed by atoms with Gasteiger partial charge in [0.25, 0.3) is 0 Å². The van der Waals surface area contributed by atoms with Crippen LogP contribution in [-0.4, -0.2) is 18.2 Å². The second-order valence-corrected chi connectivity index (χ2v) is 12.8. The Kier molecular flexibility index (Phi) is 4.71. The molecule has 170 valence electrons. The fourth-order valence-electron chi connectivity index (χ4n) is 10.7. The van der Waals surface area contributed by atoms with Crippen LogP contribution in [0.15, 0.2) is 24.5 Å². The molecule has 5 fully saturated rings. The number of hydrogen-bond donors (Lipinski definition) is 0. The Morgan fingerprint density at radius 1 is 1.13 bits per heavy atom. The lowest BCUT2D eigenvalue weighted by molar-refractivity contribution is -0.161. The maximum atomic E-state index is 6.30. The third-order valence-electron chi connectivity index (χ3n) is 12.2. The molecule has 5 aliphatic rings. The van der Waals surface area contributed by atoms with Gasteiger partial charge in [0.15, 0.2) is 0 Å². The summed E-state index contributed by atoms with van der Waals surface area (Å²) in [6.07, 6.45) is 18.7. The summed E-state index contributed by atoms with van der Waals surface area (Å²) in [5, 5.41) is 0. The van der Waals surface area contributed by atoms with E-state index in [-0.39, 0.29) is 0 Å². The molecule has 2 heteroatoms. The van der Waals surface area contributed by atoms with Crippen LogP contribution in [-0.2, 0) is 11.2 Å². The third-order valence-corrected chi connectivity index (χ3v) is 12.2. The number of fused-ring (bicyclic) bond motifs is 4. The highest BCUT2D eigenvalue weighted by atomic mass is 16.5. The van der Waals surface area contributed by atoms with E-state index in [0.717, 1.165) is 35.5 Å². The summed E-state index contributed by atoms with van der Waals surface area (Å²) in [6, 6.07) is 4.34. The Hall–Kier alpha value is -0.890. The number of aromatic nitrogens is 1. The van der Waals surface area contributed by atoms with E-state index in [1.807, 2.05) is 13.3 Å². The van der Waals surface area contributed by atoms with Crippen LogP contribution in [0.2, 0.25) is 0 Å². The molecule has 2 nitrogen and oxygen atoms in total. The highest BCUT2D eigenvalue weighted by Gasteiger charge is 2.77. The van der Waals surface area contributed by atoms with Crippen LogP contribution in [0, 0.1) is 51.8 Å². The van der Waals surface area contributed by atoms with Crippen molar-refractivity contribution in [3.05, 3.63) is 30.1 Å². The van der Waals surface area contributed by atoms with Gasteiger partial charge in [-0.05, 0) is 122 Å². The third kappa shape index (κ3) is 2.69. The fraction of sp³-hybridized carbons (Fsp3) is 0.828. The van der Waals surface area contributed by atoms with Crippen molar-refractivity contribution in [1.82, 2.24) is 4.98 Å². The molecule has 1 aromatic heterocycles. The molecule has 6 rings (SSSR count). The molecule has 1 unspecified atom stereocenters. The van der Waals surface area contributed by atoms with E-state index in [1.54, 1.807) is 0 Å². The standard InChI is InChI=1S/C29H43NO/c1-19(7-8-20-6-5-15-30-18-20)23-9-10-24-22-16-26(31-4)29-17-21(29)11-14-28(29,3)25(22)12-13-27(23,24)2/h5-6,15,18-19,21-26H,7-14,16-17H2,1-4H3/t19-,21-,22+,23-,24+,25+,26-,27-,28-,29?/m1/s1. The van der Waals surface area contributed by atoms with Crippen molar-refractivity contribution in [2.75, 3.05) is 7.11 Å². The second kappa shape index (κ2) is 7.05. The number of aryl methyl sites for hydroxylation is 1. The monoisotopic (exact) mass is 421 g/mol.